The van der Waals surface area contributed by atoms with Gasteiger partial charge in [-0.15, -0.1) is 0 Å². The number of hydrogen-bond donors (Lipinski definition) is 0. The Morgan fingerprint density at radius 3 is 2.64 bits per heavy atom. The van der Waals surface area contributed by atoms with Crippen LogP contribution in [0.3, 0.4) is 0 Å². The number of esters is 1. The number of nitrogens with zero attached hydrogens (tertiary/aromatic N) is 1. The quantitative estimate of drug-likeness (QED) is 0.291. The van der Waals surface area contributed by atoms with Crippen LogP contribution < -0.4 is 0 Å². The van der Waals surface area contributed by atoms with E-state index in [0.29, 0.717) is 18.9 Å². The molecule has 0 unspecified atom stereocenters. The summed E-state index contributed by atoms with van der Waals surface area (Å²) in [6, 6.07) is 9.33. The minimum Gasteiger partial charge on any atom is -0.463 e. The van der Waals surface area contributed by atoms with Gasteiger partial charge in [-0.2, -0.15) is 0 Å². The molecule has 0 atom stereocenters. The van der Waals surface area contributed by atoms with Gasteiger partial charge in [-0.05, 0) is 32.0 Å². The fourth-order valence-corrected chi connectivity index (χ4v) is 3.33. The number of aromatic nitrogens is 1. The van der Waals surface area contributed by atoms with E-state index in [1.807, 2.05) is 31.3 Å². The molecule has 1 aromatic heterocycles. The molecule has 2 rings (SSSR count). The predicted molar refractivity (Wildman–Crippen MR) is 106 cm³/mol. The third-order valence-corrected chi connectivity index (χ3v) is 5.72. The van der Waals surface area contributed by atoms with Crippen molar-refractivity contribution in [3.8, 4) is 0 Å². The van der Waals surface area contributed by atoms with Gasteiger partial charge in [-0.1, -0.05) is 37.8 Å². The zero-order valence-corrected chi connectivity index (χ0v) is 17.0. The number of hydrogen-bond acceptors (Lipinski definition) is 3. The Labute approximate surface area is 151 Å². The summed E-state index contributed by atoms with van der Waals surface area (Å²) in [5, 5.41) is 1.11. The minimum atomic E-state index is -1.08. The Morgan fingerprint density at radius 2 is 1.96 bits per heavy atom. The highest BCUT2D eigenvalue weighted by Crippen LogP contribution is 2.24. The fraction of sp³-hybridized carbons (Fsp3) is 0.450. The van der Waals surface area contributed by atoms with E-state index in [0.717, 1.165) is 29.1 Å². The normalized spacial score (nSPS) is 12.6. The first-order chi connectivity index (χ1) is 11.8. The average Bonchev–Trinajstić information content (AvgIpc) is 2.89. The first-order valence-corrected chi connectivity index (χ1v) is 12.5. The lowest BCUT2D eigenvalue weighted by molar-refractivity contribution is -0.138. The molecule has 4 nitrogen and oxygen atoms in total. The Balaban J connectivity index is 2.19. The van der Waals surface area contributed by atoms with Crippen molar-refractivity contribution < 1.29 is 14.3 Å². The molecule has 136 valence electrons. The van der Waals surface area contributed by atoms with Gasteiger partial charge in [0.15, 0.2) is 0 Å². The lowest BCUT2D eigenvalue weighted by atomic mass is 10.1. The van der Waals surface area contributed by atoms with Crippen LogP contribution in [0.1, 0.15) is 19.4 Å². The smallest absolute Gasteiger partial charge is 0.333 e. The summed E-state index contributed by atoms with van der Waals surface area (Å²) in [5.74, 6) is -0.272. The molecule has 0 amide bonds. The second-order valence-corrected chi connectivity index (χ2v) is 13.1. The molecule has 0 saturated carbocycles. The van der Waals surface area contributed by atoms with Gasteiger partial charge < -0.3 is 14.0 Å². The molecule has 2 aromatic rings. The van der Waals surface area contributed by atoms with Crippen LogP contribution in [-0.2, 0) is 21.0 Å². The van der Waals surface area contributed by atoms with Crippen LogP contribution in [0.25, 0.3) is 17.0 Å². The third kappa shape index (κ3) is 5.58. The SMILES string of the molecule is CCOC(=O)/C(C)=C/c1cn(COCC[Si](C)(C)C)c2ccccc12. The van der Waals surface area contributed by atoms with E-state index in [1.54, 1.807) is 6.92 Å². The first-order valence-electron chi connectivity index (χ1n) is 8.83. The van der Waals surface area contributed by atoms with E-state index in [2.05, 4.69) is 36.3 Å². The molecule has 5 heteroatoms. The lowest BCUT2D eigenvalue weighted by Crippen LogP contribution is -2.21. The number of ether oxygens (including phenoxy) is 2. The largest absolute Gasteiger partial charge is 0.463 e. The van der Waals surface area contributed by atoms with Crippen LogP contribution in [0.15, 0.2) is 36.0 Å². The first kappa shape index (κ1) is 19.5. The Hall–Kier alpha value is -1.85. The molecule has 0 spiro atoms. The van der Waals surface area contributed by atoms with Gasteiger partial charge in [0, 0.05) is 37.4 Å². The molecule has 0 aliphatic carbocycles. The fourth-order valence-electron chi connectivity index (χ4n) is 2.58. The average molecular weight is 360 g/mol. The van der Waals surface area contributed by atoms with E-state index >= 15 is 0 Å². The second-order valence-electron chi connectivity index (χ2n) is 7.47. The number of para-hydroxylation sites is 1. The highest BCUT2D eigenvalue weighted by Gasteiger charge is 2.13. The zero-order valence-electron chi connectivity index (χ0n) is 16.0. The molecular formula is C20H29NO3Si. The molecular weight excluding hydrogens is 330 g/mol. The number of fused-ring (bicyclic) bond motifs is 1. The molecule has 25 heavy (non-hydrogen) atoms. The van der Waals surface area contributed by atoms with Gasteiger partial charge in [0.25, 0.3) is 0 Å². The maximum Gasteiger partial charge on any atom is 0.333 e. The van der Waals surface area contributed by atoms with Crippen molar-refractivity contribution >= 4 is 31.0 Å². The van der Waals surface area contributed by atoms with Crippen molar-refractivity contribution in [1.29, 1.82) is 0 Å². The van der Waals surface area contributed by atoms with Crippen molar-refractivity contribution in [2.75, 3.05) is 13.2 Å². The Bertz CT molecular complexity index is 756. The predicted octanol–water partition coefficient (Wildman–Crippen LogP) is 4.92. The van der Waals surface area contributed by atoms with Gasteiger partial charge >= 0.3 is 5.97 Å². The maximum absolute atomic E-state index is 11.9. The molecule has 0 aliphatic heterocycles. The van der Waals surface area contributed by atoms with Crippen molar-refractivity contribution in [1.82, 2.24) is 4.57 Å². The number of benzene rings is 1. The topological polar surface area (TPSA) is 40.5 Å². The summed E-state index contributed by atoms with van der Waals surface area (Å²) in [6.07, 6.45) is 3.93. The van der Waals surface area contributed by atoms with Crippen LogP contribution in [0.4, 0.5) is 0 Å². The second kappa shape index (κ2) is 8.49. The van der Waals surface area contributed by atoms with Gasteiger partial charge in [0.05, 0.1) is 12.1 Å². The van der Waals surface area contributed by atoms with E-state index in [4.69, 9.17) is 9.47 Å². The summed E-state index contributed by atoms with van der Waals surface area (Å²) in [5.41, 5.74) is 2.72. The molecule has 1 heterocycles. The monoisotopic (exact) mass is 359 g/mol. The summed E-state index contributed by atoms with van der Waals surface area (Å²) >= 11 is 0. The third-order valence-electron chi connectivity index (χ3n) is 4.02. The molecule has 0 fully saturated rings. The van der Waals surface area contributed by atoms with E-state index in [9.17, 15) is 4.79 Å². The van der Waals surface area contributed by atoms with E-state index in [1.165, 1.54) is 0 Å². The van der Waals surface area contributed by atoms with Crippen LogP contribution in [0.2, 0.25) is 25.7 Å². The van der Waals surface area contributed by atoms with Gasteiger partial charge in [0.2, 0.25) is 0 Å². The van der Waals surface area contributed by atoms with E-state index < -0.39 is 8.07 Å². The van der Waals surface area contributed by atoms with Gasteiger partial charge in [-0.25, -0.2) is 4.79 Å². The summed E-state index contributed by atoms with van der Waals surface area (Å²) < 4.78 is 13.1. The Morgan fingerprint density at radius 1 is 1.24 bits per heavy atom. The van der Waals surface area contributed by atoms with Crippen molar-refractivity contribution in [3.05, 3.63) is 41.6 Å². The van der Waals surface area contributed by atoms with Gasteiger partial charge in [0.1, 0.15) is 6.73 Å². The summed E-state index contributed by atoms with van der Waals surface area (Å²) in [7, 11) is -1.08. The van der Waals surface area contributed by atoms with Crippen molar-refractivity contribution in [2.45, 2.75) is 46.3 Å². The Kier molecular flexibility index (Phi) is 6.62. The molecule has 0 bridgehead atoms. The van der Waals surface area contributed by atoms with Crippen LogP contribution in [-0.4, -0.2) is 31.8 Å². The zero-order chi connectivity index (χ0) is 18.4. The number of carbonyl (C=O) groups excluding carboxylic acids is 1. The molecule has 0 saturated heterocycles. The summed E-state index contributed by atoms with van der Waals surface area (Å²) in [4.78, 5) is 11.9. The molecule has 1 aromatic carbocycles. The minimum absolute atomic E-state index is 0.272. The van der Waals surface area contributed by atoms with Crippen LogP contribution >= 0.6 is 0 Å². The summed E-state index contributed by atoms with van der Waals surface area (Å²) in [6.45, 7) is 12.3. The van der Waals surface area contributed by atoms with Crippen LogP contribution in [0, 0.1) is 0 Å². The molecule has 0 radical (unpaired) electrons. The highest BCUT2D eigenvalue weighted by atomic mass is 28.3. The van der Waals surface area contributed by atoms with Crippen LogP contribution in [0.5, 0.6) is 0 Å². The highest BCUT2D eigenvalue weighted by molar-refractivity contribution is 6.76. The van der Waals surface area contributed by atoms with Crippen molar-refractivity contribution in [2.24, 2.45) is 0 Å². The number of carbonyl (C=O) groups is 1. The molecule has 0 aliphatic rings. The van der Waals surface area contributed by atoms with Crippen molar-refractivity contribution in [3.63, 3.8) is 0 Å². The molecule has 0 N–H and O–H groups in total. The maximum atomic E-state index is 11.9. The standard InChI is InChI=1S/C20H29NO3Si/c1-6-24-20(22)16(2)13-17-14-21(15-23-11-12-25(3,4)5)19-10-8-7-9-18(17)19/h7-10,13-14H,6,11-12,15H2,1-5H3/b16-13+. The lowest BCUT2D eigenvalue weighted by Gasteiger charge is -2.15. The van der Waals surface area contributed by atoms with Gasteiger partial charge in [-0.3, -0.25) is 0 Å². The van der Waals surface area contributed by atoms with E-state index in [-0.39, 0.29) is 5.97 Å². The number of rotatable bonds is 8.